The highest BCUT2D eigenvalue weighted by Gasteiger charge is 2.18. The third kappa shape index (κ3) is 4.55. The van der Waals surface area contributed by atoms with Crippen LogP contribution < -0.4 is 4.72 Å². The van der Waals surface area contributed by atoms with Gasteiger partial charge < -0.3 is 0 Å². The molecule has 0 atom stereocenters. The van der Waals surface area contributed by atoms with Gasteiger partial charge in [-0.2, -0.15) is 0 Å². The van der Waals surface area contributed by atoms with E-state index in [-0.39, 0.29) is 0 Å². The second-order valence-corrected chi connectivity index (χ2v) is 8.77. The maximum atomic E-state index is 12.2. The summed E-state index contributed by atoms with van der Waals surface area (Å²) >= 11 is 6.62. The lowest BCUT2D eigenvalue weighted by Crippen LogP contribution is -2.25. The second-order valence-electron chi connectivity index (χ2n) is 5.27. The smallest absolute Gasteiger partial charge is 0.211 e. The zero-order valence-corrected chi connectivity index (χ0v) is 15.2. The highest BCUT2D eigenvalue weighted by molar-refractivity contribution is 9.11. The van der Waals surface area contributed by atoms with Gasteiger partial charge in [-0.25, -0.2) is 13.1 Å². The summed E-state index contributed by atoms with van der Waals surface area (Å²) in [6.45, 7) is 0.515. The lowest BCUT2D eigenvalue weighted by Gasteiger charge is -2.11. The number of benzene rings is 1. The van der Waals surface area contributed by atoms with Gasteiger partial charge in [-0.3, -0.25) is 0 Å². The van der Waals surface area contributed by atoms with E-state index in [1.54, 1.807) is 18.2 Å². The molecule has 0 spiro atoms. The van der Waals surface area contributed by atoms with Gasteiger partial charge in [0.15, 0.2) is 0 Å². The van der Waals surface area contributed by atoms with Crippen molar-refractivity contribution in [2.24, 2.45) is 5.92 Å². The molecule has 0 heterocycles. The molecular weight excluding hydrogens is 406 g/mol. The molecular formula is C14H19Br2NO2S. The van der Waals surface area contributed by atoms with E-state index in [4.69, 9.17) is 0 Å². The van der Waals surface area contributed by atoms with Gasteiger partial charge in [0.1, 0.15) is 0 Å². The molecule has 1 saturated carbocycles. The Kier molecular flexibility index (Phi) is 6.08. The maximum absolute atomic E-state index is 12.2. The quantitative estimate of drug-likeness (QED) is 0.685. The zero-order valence-electron chi connectivity index (χ0n) is 11.2. The van der Waals surface area contributed by atoms with E-state index >= 15 is 0 Å². The number of hydrogen-bond donors (Lipinski definition) is 1. The molecule has 0 saturated heterocycles. The van der Waals surface area contributed by atoms with Crippen LogP contribution in [0.1, 0.15) is 38.5 Å². The molecule has 1 aliphatic carbocycles. The van der Waals surface area contributed by atoms with E-state index in [1.807, 2.05) is 0 Å². The molecule has 2 rings (SSSR count). The van der Waals surface area contributed by atoms with Gasteiger partial charge in [-0.1, -0.05) is 41.6 Å². The van der Waals surface area contributed by atoms with Crippen LogP contribution in [0.5, 0.6) is 0 Å². The molecule has 0 amide bonds. The Morgan fingerprint density at radius 2 is 1.90 bits per heavy atom. The first-order valence-electron chi connectivity index (χ1n) is 6.94. The van der Waals surface area contributed by atoms with Crippen LogP contribution in [0.4, 0.5) is 0 Å². The predicted octanol–water partition coefficient (Wildman–Crippen LogP) is 4.46. The Labute approximate surface area is 137 Å². The first-order chi connectivity index (χ1) is 9.49. The molecule has 20 heavy (non-hydrogen) atoms. The van der Waals surface area contributed by atoms with Gasteiger partial charge in [0.2, 0.25) is 10.0 Å². The van der Waals surface area contributed by atoms with E-state index in [0.717, 1.165) is 23.2 Å². The van der Waals surface area contributed by atoms with Crippen LogP contribution in [0, 0.1) is 5.92 Å². The highest BCUT2D eigenvalue weighted by Crippen LogP contribution is 2.28. The highest BCUT2D eigenvalue weighted by atomic mass is 79.9. The largest absolute Gasteiger partial charge is 0.241 e. The molecule has 1 fully saturated rings. The van der Waals surface area contributed by atoms with E-state index in [0.29, 0.717) is 15.9 Å². The van der Waals surface area contributed by atoms with Gasteiger partial charge >= 0.3 is 0 Å². The summed E-state index contributed by atoms with van der Waals surface area (Å²) in [5, 5.41) is 0. The third-order valence-electron chi connectivity index (χ3n) is 3.74. The topological polar surface area (TPSA) is 46.2 Å². The van der Waals surface area contributed by atoms with Crippen LogP contribution in [-0.2, 0) is 10.0 Å². The standard InChI is InChI=1S/C14H19Br2NO2S/c15-12-7-8-14(13(16)10-12)20(18,19)17-9-3-6-11-4-1-2-5-11/h7-8,10-11,17H,1-6,9H2. The summed E-state index contributed by atoms with van der Waals surface area (Å²) in [5.41, 5.74) is 0. The number of hydrogen-bond acceptors (Lipinski definition) is 2. The third-order valence-corrected chi connectivity index (χ3v) is 6.67. The number of rotatable bonds is 6. The van der Waals surface area contributed by atoms with Crippen molar-refractivity contribution >= 4 is 41.9 Å². The van der Waals surface area contributed by atoms with Crippen molar-refractivity contribution in [3.63, 3.8) is 0 Å². The van der Waals surface area contributed by atoms with Crippen molar-refractivity contribution < 1.29 is 8.42 Å². The lowest BCUT2D eigenvalue weighted by atomic mass is 10.0. The van der Waals surface area contributed by atoms with Crippen molar-refractivity contribution in [2.75, 3.05) is 6.54 Å². The molecule has 0 radical (unpaired) electrons. The fourth-order valence-corrected chi connectivity index (χ4v) is 5.48. The van der Waals surface area contributed by atoms with Gasteiger partial charge in [0.25, 0.3) is 0 Å². The van der Waals surface area contributed by atoms with E-state index < -0.39 is 10.0 Å². The van der Waals surface area contributed by atoms with Crippen LogP contribution in [0.25, 0.3) is 0 Å². The Balaban J connectivity index is 1.87. The van der Waals surface area contributed by atoms with Crippen molar-refractivity contribution in [1.29, 1.82) is 0 Å². The number of nitrogens with one attached hydrogen (secondary N) is 1. The molecule has 1 aliphatic rings. The maximum Gasteiger partial charge on any atom is 0.241 e. The average Bonchev–Trinajstić information content (AvgIpc) is 2.87. The van der Waals surface area contributed by atoms with E-state index in [1.165, 1.54) is 25.7 Å². The number of sulfonamides is 1. The van der Waals surface area contributed by atoms with Crippen molar-refractivity contribution in [1.82, 2.24) is 4.72 Å². The first kappa shape index (κ1) is 16.5. The normalized spacial score (nSPS) is 16.7. The summed E-state index contributed by atoms with van der Waals surface area (Å²) in [6, 6.07) is 5.08. The fourth-order valence-electron chi connectivity index (χ4n) is 2.67. The SMILES string of the molecule is O=S(=O)(NCCCC1CCCC1)c1ccc(Br)cc1Br. The molecule has 0 aliphatic heterocycles. The minimum atomic E-state index is -3.42. The Morgan fingerprint density at radius 3 is 2.55 bits per heavy atom. The molecule has 3 nitrogen and oxygen atoms in total. The number of halogens is 2. The fraction of sp³-hybridized carbons (Fsp3) is 0.571. The van der Waals surface area contributed by atoms with Crippen LogP contribution in [0.3, 0.4) is 0 Å². The Morgan fingerprint density at radius 1 is 1.20 bits per heavy atom. The molecule has 6 heteroatoms. The zero-order chi connectivity index (χ0) is 14.6. The molecule has 0 bridgehead atoms. The minimum Gasteiger partial charge on any atom is -0.211 e. The first-order valence-corrected chi connectivity index (χ1v) is 10.0. The summed E-state index contributed by atoms with van der Waals surface area (Å²) < 4.78 is 28.5. The molecule has 1 aromatic carbocycles. The lowest BCUT2D eigenvalue weighted by molar-refractivity contribution is 0.480. The van der Waals surface area contributed by atoms with Crippen LogP contribution in [-0.4, -0.2) is 15.0 Å². The van der Waals surface area contributed by atoms with Crippen LogP contribution in [0.15, 0.2) is 32.0 Å². The molecule has 0 unspecified atom stereocenters. The van der Waals surface area contributed by atoms with Crippen molar-refractivity contribution in [2.45, 2.75) is 43.4 Å². The molecule has 0 aromatic heterocycles. The van der Waals surface area contributed by atoms with Gasteiger partial charge in [-0.15, -0.1) is 0 Å². The Bertz CT molecular complexity index is 554. The molecule has 1 N–H and O–H groups in total. The minimum absolute atomic E-state index is 0.293. The van der Waals surface area contributed by atoms with Gasteiger partial charge in [-0.05, 0) is 52.9 Å². The van der Waals surface area contributed by atoms with Crippen LogP contribution in [0.2, 0.25) is 0 Å². The summed E-state index contributed by atoms with van der Waals surface area (Å²) in [5.74, 6) is 0.805. The molecule has 1 aromatic rings. The van der Waals surface area contributed by atoms with Crippen molar-refractivity contribution in [3.8, 4) is 0 Å². The van der Waals surface area contributed by atoms with Crippen LogP contribution >= 0.6 is 31.9 Å². The second kappa shape index (κ2) is 7.38. The van der Waals surface area contributed by atoms with E-state index in [2.05, 4.69) is 36.6 Å². The average molecular weight is 425 g/mol. The Hall–Kier alpha value is 0.0900. The predicted molar refractivity (Wildman–Crippen MR) is 88.2 cm³/mol. The summed E-state index contributed by atoms with van der Waals surface area (Å²) in [4.78, 5) is 0.293. The monoisotopic (exact) mass is 423 g/mol. The van der Waals surface area contributed by atoms with Gasteiger partial charge in [0.05, 0.1) is 4.90 Å². The molecule has 112 valence electrons. The van der Waals surface area contributed by atoms with Crippen molar-refractivity contribution in [3.05, 3.63) is 27.1 Å². The summed E-state index contributed by atoms with van der Waals surface area (Å²) in [6.07, 6.45) is 7.34. The van der Waals surface area contributed by atoms with E-state index in [9.17, 15) is 8.42 Å². The summed E-state index contributed by atoms with van der Waals surface area (Å²) in [7, 11) is -3.42. The van der Waals surface area contributed by atoms with Gasteiger partial charge in [0, 0.05) is 15.5 Å².